The average molecular weight is 706 g/mol. The first-order chi connectivity index (χ1) is 22.2. The van der Waals surface area contributed by atoms with Gasteiger partial charge in [0.2, 0.25) is 0 Å². The SMILES string of the molecule is CC(C)CCC[C@@H](C)[C@H]1CC[C@H]2[C@@H]3CC=C4C[C@@H](OC(=O)Cl)CC[C@]4(C)[C@H]3CC[C@]12C.Clc1ccccc1.Oc1ccc(O)c(Cl)c1. The Bertz CT molecular complexity index is 1350. The summed E-state index contributed by atoms with van der Waals surface area (Å²) in [7, 11) is 0. The summed E-state index contributed by atoms with van der Waals surface area (Å²) in [4.78, 5) is 11.2. The monoisotopic (exact) mass is 704 g/mol. The predicted octanol–water partition coefficient (Wildman–Crippen LogP) is 12.9. The standard InChI is InChI=1S/C28H45ClO2.C6H5ClO2.C6H5Cl/c1-18(2)7-6-8-19(3)23-11-12-24-22-10-9-20-17-21(31-26(29)30)13-15-27(20,4)25(22)14-16-28(23,24)5;7-5-3-4(8)1-2-6(5)9;7-6-4-2-1-3-5-6/h9,18-19,21-25H,6-8,10-17H2,1-5H3;1-3,8-9H;1-5H/t19-,21+,22+,23-,24+,25+,27+,28-;;/m1../s1. The van der Waals surface area contributed by atoms with Gasteiger partial charge in [0.25, 0.3) is 0 Å². The quantitative estimate of drug-likeness (QED) is 0.178. The molecule has 0 radical (unpaired) electrons. The minimum atomic E-state index is -0.643. The highest BCUT2D eigenvalue weighted by molar-refractivity contribution is 6.61. The predicted molar refractivity (Wildman–Crippen MR) is 195 cm³/mol. The van der Waals surface area contributed by atoms with Crippen LogP contribution in [0.1, 0.15) is 105 Å². The van der Waals surface area contributed by atoms with E-state index >= 15 is 0 Å². The maximum Gasteiger partial charge on any atom is 0.404 e. The van der Waals surface area contributed by atoms with Crippen LogP contribution in [0.4, 0.5) is 4.79 Å². The van der Waals surface area contributed by atoms with Crippen molar-refractivity contribution in [2.75, 3.05) is 0 Å². The molecule has 47 heavy (non-hydrogen) atoms. The van der Waals surface area contributed by atoms with Crippen LogP contribution < -0.4 is 0 Å². The second-order valence-corrected chi connectivity index (χ2v) is 16.6. The molecule has 3 saturated carbocycles. The summed E-state index contributed by atoms with van der Waals surface area (Å²) in [6.07, 6.45) is 16.7. The summed E-state index contributed by atoms with van der Waals surface area (Å²) in [6, 6.07) is 13.4. The van der Waals surface area contributed by atoms with E-state index in [2.05, 4.69) is 40.7 Å². The Kier molecular flexibility index (Phi) is 13.5. The number of phenolic OH excluding ortho intramolecular Hbond substituents is 2. The maximum atomic E-state index is 11.2. The summed E-state index contributed by atoms with van der Waals surface area (Å²) in [5.41, 5.74) is 1.77. The van der Waals surface area contributed by atoms with Crippen LogP contribution in [0.25, 0.3) is 0 Å². The van der Waals surface area contributed by atoms with Crippen molar-refractivity contribution in [1.82, 2.24) is 0 Å². The number of aromatic hydroxyl groups is 2. The van der Waals surface area contributed by atoms with Crippen molar-refractivity contribution < 1.29 is 19.7 Å². The second-order valence-electron chi connectivity index (χ2n) is 15.4. The second kappa shape index (κ2) is 16.7. The zero-order chi connectivity index (χ0) is 34.4. The number of ether oxygens (including phenoxy) is 1. The molecule has 0 bridgehead atoms. The highest BCUT2D eigenvalue weighted by Crippen LogP contribution is 2.67. The number of hydrogen-bond donors (Lipinski definition) is 2. The zero-order valence-electron chi connectivity index (χ0n) is 28.9. The van der Waals surface area contributed by atoms with Gasteiger partial charge >= 0.3 is 5.43 Å². The Morgan fingerprint density at radius 3 is 2.26 bits per heavy atom. The Morgan fingerprint density at radius 1 is 0.936 bits per heavy atom. The molecule has 7 heteroatoms. The molecule has 260 valence electrons. The van der Waals surface area contributed by atoms with Crippen molar-refractivity contribution in [2.24, 2.45) is 46.3 Å². The molecule has 0 aliphatic heterocycles. The van der Waals surface area contributed by atoms with Gasteiger partial charge in [-0.1, -0.05) is 107 Å². The third kappa shape index (κ3) is 9.43. The van der Waals surface area contributed by atoms with Gasteiger partial charge in [-0.05, 0) is 116 Å². The number of carbonyl (C=O) groups is 1. The molecule has 0 heterocycles. The van der Waals surface area contributed by atoms with E-state index in [1.165, 1.54) is 69.6 Å². The summed E-state index contributed by atoms with van der Waals surface area (Å²) < 4.78 is 5.38. The molecule has 0 saturated heterocycles. The van der Waals surface area contributed by atoms with Crippen LogP contribution in [0.5, 0.6) is 11.5 Å². The molecule has 4 aliphatic carbocycles. The van der Waals surface area contributed by atoms with E-state index in [9.17, 15) is 4.79 Å². The van der Waals surface area contributed by atoms with Crippen molar-refractivity contribution in [2.45, 2.75) is 111 Å². The van der Waals surface area contributed by atoms with Gasteiger partial charge in [-0.2, -0.15) is 0 Å². The van der Waals surface area contributed by atoms with Gasteiger partial charge in [-0.3, -0.25) is 0 Å². The first-order valence-electron chi connectivity index (χ1n) is 17.7. The number of halogens is 3. The number of rotatable bonds is 6. The molecule has 4 aliphatic rings. The van der Waals surface area contributed by atoms with Crippen LogP contribution in [0.3, 0.4) is 0 Å². The molecule has 8 atom stereocenters. The van der Waals surface area contributed by atoms with Gasteiger partial charge in [0.1, 0.15) is 17.6 Å². The molecule has 0 amide bonds. The van der Waals surface area contributed by atoms with Crippen LogP contribution in [-0.2, 0) is 4.74 Å². The molecule has 2 aromatic carbocycles. The average Bonchev–Trinajstić information content (AvgIpc) is 3.37. The molecule has 0 aromatic heterocycles. The molecule has 3 fully saturated rings. The Morgan fingerprint density at radius 2 is 1.66 bits per heavy atom. The fraction of sp³-hybridized carbons (Fsp3) is 0.625. The lowest BCUT2D eigenvalue weighted by Crippen LogP contribution is -2.51. The van der Waals surface area contributed by atoms with E-state index in [1.54, 1.807) is 5.57 Å². The lowest BCUT2D eigenvalue weighted by Gasteiger charge is -2.58. The number of phenols is 2. The van der Waals surface area contributed by atoms with Gasteiger partial charge in [0, 0.05) is 29.1 Å². The van der Waals surface area contributed by atoms with E-state index in [4.69, 9.17) is 49.8 Å². The third-order valence-corrected chi connectivity index (χ3v) is 12.8. The molecule has 2 N–H and O–H groups in total. The number of hydrogen-bond acceptors (Lipinski definition) is 4. The maximum absolute atomic E-state index is 11.2. The third-order valence-electron chi connectivity index (χ3n) is 12.2. The fourth-order valence-electron chi connectivity index (χ4n) is 9.79. The number of allylic oxidation sites excluding steroid dienone is 1. The number of fused-ring (bicyclic) bond motifs is 5. The Hall–Kier alpha value is -1.88. The van der Waals surface area contributed by atoms with Gasteiger partial charge in [-0.25, -0.2) is 4.79 Å². The van der Waals surface area contributed by atoms with Gasteiger partial charge < -0.3 is 14.9 Å². The van der Waals surface area contributed by atoms with Crippen LogP contribution in [0.15, 0.2) is 60.2 Å². The van der Waals surface area contributed by atoms with E-state index in [-0.39, 0.29) is 22.6 Å². The van der Waals surface area contributed by atoms with Crippen molar-refractivity contribution in [1.29, 1.82) is 0 Å². The largest absolute Gasteiger partial charge is 0.508 e. The topological polar surface area (TPSA) is 66.8 Å². The summed E-state index contributed by atoms with van der Waals surface area (Å²) >= 11 is 16.5. The van der Waals surface area contributed by atoms with E-state index in [0.29, 0.717) is 10.8 Å². The van der Waals surface area contributed by atoms with Crippen molar-refractivity contribution in [3.05, 3.63) is 70.2 Å². The van der Waals surface area contributed by atoms with Gasteiger partial charge in [-0.15, -0.1) is 0 Å². The highest BCUT2D eigenvalue weighted by atomic mass is 35.5. The first-order valence-corrected chi connectivity index (χ1v) is 18.8. The smallest absolute Gasteiger partial charge is 0.404 e. The molecule has 2 aromatic rings. The van der Waals surface area contributed by atoms with Crippen LogP contribution in [0, 0.1) is 46.3 Å². The lowest BCUT2D eigenvalue weighted by atomic mass is 9.47. The lowest BCUT2D eigenvalue weighted by molar-refractivity contribution is -0.0573. The summed E-state index contributed by atoms with van der Waals surface area (Å²) in [5.74, 6) is 5.23. The van der Waals surface area contributed by atoms with Crippen molar-refractivity contribution in [3.8, 4) is 11.5 Å². The van der Waals surface area contributed by atoms with E-state index in [0.717, 1.165) is 59.8 Å². The molecular weight excluding hydrogens is 651 g/mol. The first kappa shape index (κ1) is 37.9. The molecule has 0 unspecified atom stereocenters. The van der Waals surface area contributed by atoms with Crippen LogP contribution >= 0.6 is 34.8 Å². The number of benzene rings is 2. The minimum absolute atomic E-state index is 0.0164. The number of carbonyl (C=O) groups excluding carboxylic acids is 1. The molecule has 6 rings (SSSR count). The highest BCUT2D eigenvalue weighted by Gasteiger charge is 2.59. The van der Waals surface area contributed by atoms with E-state index < -0.39 is 5.43 Å². The Labute approximate surface area is 298 Å². The van der Waals surface area contributed by atoms with Crippen LogP contribution in [-0.4, -0.2) is 21.7 Å². The zero-order valence-corrected chi connectivity index (χ0v) is 31.1. The summed E-state index contributed by atoms with van der Waals surface area (Å²) in [5, 5.41) is 18.5. The fourth-order valence-corrected chi connectivity index (χ4v) is 10.2. The van der Waals surface area contributed by atoms with E-state index in [1.807, 2.05) is 30.3 Å². The minimum Gasteiger partial charge on any atom is -0.508 e. The van der Waals surface area contributed by atoms with Crippen molar-refractivity contribution >= 4 is 40.2 Å². The summed E-state index contributed by atoms with van der Waals surface area (Å²) in [6.45, 7) is 12.5. The Balaban J connectivity index is 0.000000254. The van der Waals surface area contributed by atoms with Gasteiger partial charge in [0.15, 0.2) is 0 Å². The van der Waals surface area contributed by atoms with Crippen LogP contribution in [0.2, 0.25) is 10.0 Å². The van der Waals surface area contributed by atoms with Crippen molar-refractivity contribution in [3.63, 3.8) is 0 Å². The molecule has 4 nitrogen and oxygen atoms in total. The normalized spacial score (nSPS) is 31.4. The van der Waals surface area contributed by atoms with Gasteiger partial charge in [0.05, 0.1) is 5.02 Å². The molecule has 0 spiro atoms. The molecular formula is C40H55Cl3O4.